The maximum Gasteiger partial charge on any atom is 0.204 e. The highest BCUT2D eigenvalue weighted by Crippen LogP contribution is 2.39. The highest BCUT2D eigenvalue weighted by molar-refractivity contribution is 7.09. The topological polar surface area (TPSA) is 55.0 Å². The number of hydrogen-bond acceptors (Lipinski definition) is 5. The smallest absolute Gasteiger partial charge is 0.204 e. The van der Waals surface area contributed by atoms with Crippen molar-refractivity contribution in [1.29, 1.82) is 0 Å². The first kappa shape index (κ1) is 11.8. The van der Waals surface area contributed by atoms with Gasteiger partial charge >= 0.3 is 0 Å². The van der Waals surface area contributed by atoms with Gasteiger partial charge in [0.1, 0.15) is 5.82 Å². The van der Waals surface area contributed by atoms with Crippen LogP contribution in [0.15, 0.2) is 0 Å². The van der Waals surface area contributed by atoms with Crippen LogP contribution in [0.1, 0.15) is 38.4 Å². The van der Waals surface area contributed by atoms with E-state index in [1.54, 1.807) is 0 Å². The standard InChI is InChI=1S/C11H20N4S/c1-11(2,6-12)7-15(3)10-13-9(14-16-10)8-4-5-8/h8H,4-7,12H2,1-3H3. The van der Waals surface area contributed by atoms with Crippen LogP contribution in [-0.4, -0.2) is 29.5 Å². The summed E-state index contributed by atoms with van der Waals surface area (Å²) < 4.78 is 4.41. The van der Waals surface area contributed by atoms with Gasteiger partial charge in [0.15, 0.2) is 0 Å². The molecule has 0 radical (unpaired) electrons. The lowest BCUT2D eigenvalue weighted by Crippen LogP contribution is -2.36. The van der Waals surface area contributed by atoms with Gasteiger partial charge in [0.2, 0.25) is 5.13 Å². The molecule has 0 aromatic carbocycles. The highest BCUT2D eigenvalue weighted by atomic mass is 32.1. The molecular formula is C11H20N4S. The molecule has 1 saturated carbocycles. The van der Waals surface area contributed by atoms with Gasteiger partial charge in [-0.15, -0.1) is 0 Å². The van der Waals surface area contributed by atoms with Crippen molar-refractivity contribution < 1.29 is 0 Å². The maximum atomic E-state index is 5.74. The molecule has 0 amide bonds. The summed E-state index contributed by atoms with van der Waals surface area (Å²) in [5.74, 6) is 1.68. The van der Waals surface area contributed by atoms with E-state index in [-0.39, 0.29) is 5.41 Å². The van der Waals surface area contributed by atoms with Crippen LogP contribution in [0.25, 0.3) is 0 Å². The van der Waals surface area contributed by atoms with Gasteiger partial charge in [-0.05, 0) is 24.8 Å². The summed E-state index contributed by atoms with van der Waals surface area (Å²) in [5.41, 5.74) is 5.86. The number of aromatic nitrogens is 2. The Morgan fingerprint density at radius 1 is 1.50 bits per heavy atom. The lowest BCUT2D eigenvalue weighted by Gasteiger charge is -2.28. The molecule has 1 aliphatic carbocycles. The fourth-order valence-electron chi connectivity index (χ4n) is 1.66. The van der Waals surface area contributed by atoms with Crippen LogP contribution in [0.2, 0.25) is 0 Å². The van der Waals surface area contributed by atoms with Crippen molar-refractivity contribution in [2.75, 3.05) is 25.0 Å². The lowest BCUT2D eigenvalue weighted by atomic mass is 9.93. The summed E-state index contributed by atoms with van der Waals surface area (Å²) >= 11 is 1.50. The molecule has 2 rings (SSSR count). The third kappa shape index (κ3) is 2.71. The molecule has 4 nitrogen and oxygen atoms in total. The Bertz CT molecular complexity index is 357. The van der Waals surface area contributed by atoms with Crippen molar-refractivity contribution >= 4 is 16.7 Å². The molecule has 90 valence electrons. The zero-order valence-corrected chi connectivity index (χ0v) is 11.0. The molecule has 1 aliphatic rings. The summed E-state index contributed by atoms with van der Waals surface area (Å²) in [6.07, 6.45) is 2.52. The van der Waals surface area contributed by atoms with Crippen molar-refractivity contribution in [3.05, 3.63) is 5.82 Å². The van der Waals surface area contributed by atoms with E-state index in [0.717, 1.165) is 17.5 Å². The Hall–Kier alpha value is -0.680. The SMILES string of the molecule is CN(CC(C)(C)CN)c1nc(C2CC2)ns1. The third-order valence-electron chi connectivity index (χ3n) is 2.92. The minimum Gasteiger partial charge on any atom is -0.349 e. The van der Waals surface area contributed by atoms with Gasteiger partial charge in [0, 0.05) is 31.0 Å². The van der Waals surface area contributed by atoms with E-state index in [2.05, 4.69) is 35.2 Å². The molecule has 5 heteroatoms. The molecule has 0 aliphatic heterocycles. The average Bonchev–Trinajstić information content (AvgIpc) is 2.96. The van der Waals surface area contributed by atoms with Crippen molar-refractivity contribution in [3.63, 3.8) is 0 Å². The molecule has 0 bridgehead atoms. The number of anilines is 1. The van der Waals surface area contributed by atoms with E-state index in [1.165, 1.54) is 24.4 Å². The van der Waals surface area contributed by atoms with Gasteiger partial charge in [0.25, 0.3) is 0 Å². The Labute approximate surface area is 101 Å². The number of rotatable bonds is 5. The molecular weight excluding hydrogens is 220 g/mol. The normalized spacial score (nSPS) is 16.5. The second kappa shape index (κ2) is 4.30. The van der Waals surface area contributed by atoms with E-state index in [9.17, 15) is 0 Å². The Kier molecular flexibility index (Phi) is 3.17. The van der Waals surface area contributed by atoms with Gasteiger partial charge in [-0.2, -0.15) is 4.37 Å². The summed E-state index contributed by atoms with van der Waals surface area (Å²) in [6.45, 7) is 5.95. The van der Waals surface area contributed by atoms with Crippen molar-refractivity contribution in [2.24, 2.45) is 11.1 Å². The van der Waals surface area contributed by atoms with Crippen molar-refractivity contribution in [1.82, 2.24) is 9.36 Å². The van der Waals surface area contributed by atoms with Crippen LogP contribution in [0.4, 0.5) is 5.13 Å². The molecule has 0 saturated heterocycles. The van der Waals surface area contributed by atoms with Gasteiger partial charge in [-0.25, -0.2) is 4.98 Å². The molecule has 0 atom stereocenters. The van der Waals surface area contributed by atoms with Gasteiger partial charge in [-0.3, -0.25) is 0 Å². The number of hydrogen-bond donors (Lipinski definition) is 1. The first-order valence-electron chi connectivity index (χ1n) is 5.77. The van der Waals surface area contributed by atoms with E-state index < -0.39 is 0 Å². The van der Waals surface area contributed by atoms with E-state index >= 15 is 0 Å². The fourth-order valence-corrected chi connectivity index (χ4v) is 2.37. The molecule has 1 heterocycles. The van der Waals surface area contributed by atoms with E-state index in [4.69, 9.17) is 5.73 Å². The van der Waals surface area contributed by atoms with E-state index in [0.29, 0.717) is 12.5 Å². The zero-order valence-electron chi connectivity index (χ0n) is 10.2. The Morgan fingerprint density at radius 3 is 2.75 bits per heavy atom. The monoisotopic (exact) mass is 240 g/mol. The quantitative estimate of drug-likeness (QED) is 0.853. The van der Waals surface area contributed by atoms with Crippen LogP contribution < -0.4 is 10.6 Å². The predicted molar refractivity (Wildman–Crippen MR) is 68.0 cm³/mol. The Morgan fingerprint density at radius 2 is 2.19 bits per heavy atom. The van der Waals surface area contributed by atoms with Crippen LogP contribution >= 0.6 is 11.5 Å². The fraction of sp³-hybridized carbons (Fsp3) is 0.818. The van der Waals surface area contributed by atoms with Crippen LogP contribution in [0, 0.1) is 5.41 Å². The Balaban J connectivity index is 1.99. The summed E-state index contributed by atoms with van der Waals surface area (Å²) in [7, 11) is 2.06. The summed E-state index contributed by atoms with van der Waals surface area (Å²) in [4.78, 5) is 6.75. The first-order valence-corrected chi connectivity index (χ1v) is 6.54. The first-order chi connectivity index (χ1) is 7.52. The molecule has 1 aromatic heterocycles. The molecule has 2 N–H and O–H groups in total. The number of nitrogens with two attached hydrogens (primary N) is 1. The van der Waals surface area contributed by atoms with Gasteiger partial charge in [-0.1, -0.05) is 13.8 Å². The largest absolute Gasteiger partial charge is 0.349 e. The van der Waals surface area contributed by atoms with Crippen LogP contribution in [0.3, 0.4) is 0 Å². The second-order valence-corrected chi connectivity index (χ2v) is 6.16. The highest BCUT2D eigenvalue weighted by Gasteiger charge is 2.28. The minimum absolute atomic E-state index is 0.125. The van der Waals surface area contributed by atoms with Crippen LogP contribution in [0.5, 0.6) is 0 Å². The minimum atomic E-state index is 0.125. The van der Waals surface area contributed by atoms with Gasteiger partial charge < -0.3 is 10.6 Å². The molecule has 0 unspecified atom stereocenters. The molecule has 16 heavy (non-hydrogen) atoms. The summed E-state index contributed by atoms with van der Waals surface area (Å²) in [6, 6.07) is 0. The van der Waals surface area contributed by atoms with Crippen molar-refractivity contribution in [3.8, 4) is 0 Å². The number of nitrogens with zero attached hydrogens (tertiary/aromatic N) is 3. The van der Waals surface area contributed by atoms with Crippen LogP contribution in [-0.2, 0) is 0 Å². The third-order valence-corrected chi connectivity index (χ3v) is 3.76. The molecule has 1 fully saturated rings. The van der Waals surface area contributed by atoms with Crippen molar-refractivity contribution in [2.45, 2.75) is 32.6 Å². The average molecular weight is 240 g/mol. The second-order valence-electron chi connectivity index (χ2n) is 5.43. The maximum absolute atomic E-state index is 5.74. The van der Waals surface area contributed by atoms with E-state index in [1.807, 2.05) is 0 Å². The molecule has 1 aromatic rings. The zero-order chi connectivity index (χ0) is 11.8. The predicted octanol–water partition coefficient (Wildman–Crippen LogP) is 1.84. The van der Waals surface area contributed by atoms with Gasteiger partial charge in [0.05, 0.1) is 0 Å². The lowest BCUT2D eigenvalue weighted by molar-refractivity contribution is 0.385. The summed E-state index contributed by atoms with van der Waals surface area (Å²) in [5, 5.41) is 1.02. The molecule has 0 spiro atoms.